The number of hydrogen-bond donors (Lipinski definition) is 2. The lowest BCUT2D eigenvalue weighted by Gasteiger charge is -2.16. The highest BCUT2D eigenvalue weighted by Crippen LogP contribution is 2.10. The number of amides is 1. The van der Waals surface area contributed by atoms with Gasteiger partial charge in [-0.25, -0.2) is 0 Å². The zero-order valence-electron chi connectivity index (χ0n) is 12.4. The molecule has 4 heteroatoms. The van der Waals surface area contributed by atoms with Crippen molar-refractivity contribution in [1.82, 2.24) is 5.32 Å². The van der Waals surface area contributed by atoms with E-state index in [1.54, 1.807) is 0 Å². The standard InChI is InChI=1S/C14H30N2O2/c1-11(2)9-13(10-15)14(17)16-7-5-6-8-18-12(3)4/h11-13H,5-10,15H2,1-4H3,(H,16,17). The molecular formula is C14H30N2O2. The van der Waals surface area contributed by atoms with Crippen LogP contribution >= 0.6 is 0 Å². The molecule has 0 aromatic rings. The molecule has 0 heterocycles. The minimum atomic E-state index is -0.0445. The highest BCUT2D eigenvalue weighted by molar-refractivity contribution is 5.78. The highest BCUT2D eigenvalue weighted by Gasteiger charge is 2.17. The third-order valence-electron chi connectivity index (χ3n) is 2.73. The Bertz CT molecular complexity index is 218. The molecule has 1 unspecified atom stereocenters. The summed E-state index contributed by atoms with van der Waals surface area (Å²) >= 11 is 0. The number of rotatable bonds is 10. The molecule has 0 aromatic carbocycles. The van der Waals surface area contributed by atoms with Crippen LogP contribution in [0.1, 0.15) is 47.0 Å². The van der Waals surface area contributed by atoms with Gasteiger partial charge in [0.1, 0.15) is 0 Å². The van der Waals surface area contributed by atoms with Crippen LogP contribution in [0.5, 0.6) is 0 Å². The van der Waals surface area contributed by atoms with E-state index >= 15 is 0 Å². The molecule has 3 N–H and O–H groups in total. The van der Waals surface area contributed by atoms with E-state index in [4.69, 9.17) is 10.5 Å². The number of hydrogen-bond acceptors (Lipinski definition) is 3. The SMILES string of the molecule is CC(C)CC(CN)C(=O)NCCCCOC(C)C. The Morgan fingerprint density at radius 1 is 1.22 bits per heavy atom. The minimum Gasteiger partial charge on any atom is -0.379 e. The molecule has 1 atom stereocenters. The van der Waals surface area contributed by atoms with Crippen LogP contribution in [0.25, 0.3) is 0 Å². The van der Waals surface area contributed by atoms with Gasteiger partial charge in [0.15, 0.2) is 0 Å². The van der Waals surface area contributed by atoms with Crippen LogP contribution in [-0.4, -0.2) is 31.7 Å². The van der Waals surface area contributed by atoms with E-state index in [0.717, 1.165) is 32.4 Å². The van der Waals surface area contributed by atoms with E-state index in [-0.39, 0.29) is 17.9 Å². The van der Waals surface area contributed by atoms with Crippen LogP contribution in [0.15, 0.2) is 0 Å². The summed E-state index contributed by atoms with van der Waals surface area (Å²) in [7, 11) is 0. The Labute approximate surface area is 112 Å². The molecule has 0 fully saturated rings. The maximum Gasteiger partial charge on any atom is 0.224 e. The Morgan fingerprint density at radius 2 is 1.89 bits per heavy atom. The van der Waals surface area contributed by atoms with Crippen molar-refractivity contribution >= 4 is 5.91 Å². The Morgan fingerprint density at radius 3 is 2.39 bits per heavy atom. The molecule has 0 aliphatic carbocycles. The first-order valence-corrected chi connectivity index (χ1v) is 7.06. The van der Waals surface area contributed by atoms with E-state index in [1.165, 1.54) is 0 Å². The summed E-state index contributed by atoms with van der Waals surface area (Å²) in [5.41, 5.74) is 5.63. The molecule has 108 valence electrons. The molecule has 0 saturated carbocycles. The highest BCUT2D eigenvalue weighted by atomic mass is 16.5. The normalized spacial score (nSPS) is 13.1. The van der Waals surface area contributed by atoms with Crippen molar-refractivity contribution in [1.29, 1.82) is 0 Å². The molecular weight excluding hydrogens is 228 g/mol. The van der Waals surface area contributed by atoms with Gasteiger partial charge >= 0.3 is 0 Å². The van der Waals surface area contributed by atoms with Gasteiger partial charge < -0.3 is 15.8 Å². The summed E-state index contributed by atoms with van der Waals surface area (Å²) in [6.45, 7) is 10.2. The molecule has 0 rings (SSSR count). The predicted molar refractivity (Wildman–Crippen MR) is 75.3 cm³/mol. The summed E-state index contributed by atoms with van der Waals surface area (Å²) in [6, 6.07) is 0. The summed E-state index contributed by atoms with van der Waals surface area (Å²) in [6.07, 6.45) is 3.08. The van der Waals surface area contributed by atoms with Gasteiger partial charge in [-0.15, -0.1) is 0 Å². The third-order valence-corrected chi connectivity index (χ3v) is 2.73. The second-order valence-corrected chi connectivity index (χ2v) is 5.48. The maximum atomic E-state index is 11.8. The van der Waals surface area contributed by atoms with Crippen LogP contribution in [-0.2, 0) is 9.53 Å². The molecule has 0 aromatic heterocycles. The second-order valence-electron chi connectivity index (χ2n) is 5.48. The number of ether oxygens (including phenoxy) is 1. The van der Waals surface area contributed by atoms with Crippen LogP contribution in [0.4, 0.5) is 0 Å². The van der Waals surface area contributed by atoms with Crippen molar-refractivity contribution < 1.29 is 9.53 Å². The van der Waals surface area contributed by atoms with E-state index in [2.05, 4.69) is 19.2 Å². The van der Waals surface area contributed by atoms with Crippen LogP contribution < -0.4 is 11.1 Å². The minimum absolute atomic E-state index is 0.0445. The van der Waals surface area contributed by atoms with Crippen LogP contribution in [0.2, 0.25) is 0 Å². The fourth-order valence-electron chi connectivity index (χ4n) is 1.78. The molecule has 0 spiro atoms. The first-order valence-electron chi connectivity index (χ1n) is 7.06. The van der Waals surface area contributed by atoms with Gasteiger partial charge in [-0.1, -0.05) is 13.8 Å². The fraction of sp³-hybridized carbons (Fsp3) is 0.929. The summed E-state index contributed by atoms with van der Waals surface area (Å²) in [5.74, 6) is 0.552. The lowest BCUT2D eigenvalue weighted by Crippen LogP contribution is -2.36. The molecule has 4 nitrogen and oxygen atoms in total. The molecule has 0 aliphatic rings. The Hall–Kier alpha value is -0.610. The molecule has 18 heavy (non-hydrogen) atoms. The zero-order chi connectivity index (χ0) is 14.0. The Balaban J connectivity index is 3.62. The lowest BCUT2D eigenvalue weighted by atomic mass is 9.96. The van der Waals surface area contributed by atoms with E-state index in [1.807, 2.05) is 13.8 Å². The molecule has 0 saturated heterocycles. The molecule has 1 amide bonds. The quantitative estimate of drug-likeness (QED) is 0.588. The van der Waals surface area contributed by atoms with Crippen LogP contribution in [0, 0.1) is 11.8 Å². The molecule has 0 bridgehead atoms. The average Bonchev–Trinajstić information content (AvgIpc) is 2.29. The van der Waals surface area contributed by atoms with E-state index < -0.39 is 0 Å². The van der Waals surface area contributed by atoms with Gasteiger partial charge in [0.25, 0.3) is 0 Å². The van der Waals surface area contributed by atoms with Gasteiger partial charge in [-0.2, -0.15) is 0 Å². The summed E-state index contributed by atoms with van der Waals surface area (Å²) in [5, 5.41) is 2.95. The maximum absolute atomic E-state index is 11.8. The van der Waals surface area contributed by atoms with Gasteiger partial charge in [-0.3, -0.25) is 4.79 Å². The van der Waals surface area contributed by atoms with E-state index in [0.29, 0.717) is 12.5 Å². The topological polar surface area (TPSA) is 64.4 Å². The van der Waals surface area contributed by atoms with Gasteiger partial charge in [-0.05, 0) is 39.0 Å². The van der Waals surface area contributed by atoms with Gasteiger partial charge in [0.05, 0.1) is 12.0 Å². The Kier molecular flexibility index (Phi) is 9.98. The second kappa shape index (κ2) is 10.3. The van der Waals surface area contributed by atoms with Gasteiger partial charge in [0, 0.05) is 19.7 Å². The largest absolute Gasteiger partial charge is 0.379 e. The number of nitrogens with one attached hydrogen (secondary N) is 1. The van der Waals surface area contributed by atoms with Crippen molar-refractivity contribution in [3.8, 4) is 0 Å². The first kappa shape index (κ1) is 17.4. The van der Waals surface area contributed by atoms with Crippen molar-refractivity contribution in [2.45, 2.75) is 53.1 Å². The molecule has 0 aliphatic heterocycles. The molecule has 0 radical (unpaired) electrons. The lowest BCUT2D eigenvalue weighted by molar-refractivity contribution is -0.125. The third kappa shape index (κ3) is 9.42. The first-order chi connectivity index (χ1) is 8.47. The number of carbonyl (C=O) groups is 1. The van der Waals surface area contributed by atoms with Crippen LogP contribution in [0.3, 0.4) is 0 Å². The van der Waals surface area contributed by atoms with Crippen molar-refractivity contribution in [3.05, 3.63) is 0 Å². The van der Waals surface area contributed by atoms with Gasteiger partial charge in [0.2, 0.25) is 5.91 Å². The zero-order valence-corrected chi connectivity index (χ0v) is 12.4. The van der Waals surface area contributed by atoms with E-state index in [9.17, 15) is 4.79 Å². The fourth-order valence-corrected chi connectivity index (χ4v) is 1.78. The summed E-state index contributed by atoms with van der Waals surface area (Å²) in [4.78, 5) is 11.8. The van der Waals surface area contributed by atoms with Crippen molar-refractivity contribution in [2.75, 3.05) is 19.7 Å². The number of nitrogens with two attached hydrogens (primary N) is 1. The van der Waals surface area contributed by atoms with Crippen molar-refractivity contribution in [2.24, 2.45) is 17.6 Å². The summed E-state index contributed by atoms with van der Waals surface area (Å²) < 4.78 is 5.44. The number of carbonyl (C=O) groups excluding carboxylic acids is 1. The monoisotopic (exact) mass is 258 g/mol. The predicted octanol–water partition coefficient (Wildman–Crippen LogP) is 1.93. The smallest absolute Gasteiger partial charge is 0.224 e. The number of unbranched alkanes of at least 4 members (excludes halogenated alkanes) is 1. The van der Waals surface area contributed by atoms with Crippen molar-refractivity contribution in [3.63, 3.8) is 0 Å². The average molecular weight is 258 g/mol.